The highest BCUT2D eigenvalue weighted by Gasteiger charge is 2.17. The summed E-state index contributed by atoms with van der Waals surface area (Å²) in [6, 6.07) is 3.03. The molecule has 1 aromatic carbocycles. The van der Waals surface area contributed by atoms with Crippen molar-refractivity contribution in [2.75, 3.05) is 28.2 Å². The van der Waals surface area contributed by atoms with Crippen molar-refractivity contribution < 1.29 is 28.0 Å². The van der Waals surface area contributed by atoms with Crippen molar-refractivity contribution >= 4 is 7.32 Å². The molecular formula is C10H17BF2NO3+. The Labute approximate surface area is 99.8 Å². The molecule has 0 bridgehead atoms. The second-order valence-corrected chi connectivity index (χ2v) is 4.68. The van der Waals surface area contributed by atoms with Crippen molar-refractivity contribution in [1.82, 2.24) is 0 Å². The van der Waals surface area contributed by atoms with E-state index in [9.17, 15) is 8.78 Å². The Morgan fingerprint density at radius 3 is 1.71 bits per heavy atom. The summed E-state index contributed by atoms with van der Waals surface area (Å²) in [5.41, 5.74) is 0. The van der Waals surface area contributed by atoms with E-state index in [0.29, 0.717) is 0 Å². The van der Waals surface area contributed by atoms with Crippen LogP contribution >= 0.6 is 0 Å². The van der Waals surface area contributed by atoms with Crippen LogP contribution in [0.15, 0.2) is 18.2 Å². The molecule has 4 nitrogen and oxygen atoms in total. The maximum absolute atomic E-state index is 12.6. The Kier molecular flexibility index (Phi) is 6.08. The molecule has 0 radical (unpaired) electrons. The van der Waals surface area contributed by atoms with Gasteiger partial charge in [-0.1, -0.05) is 6.07 Å². The molecule has 0 spiro atoms. The fraction of sp³-hybridized carbons (Fsp3) is 0.400. The predicted octanol–water partition coefficient (Wildman–Crippen LogP) is 0.635. The average Bonchev–Trinajstić information content (AvgIpc) is 2.08. The summed E-state index contributed by atoms with van der Waals surface area (Å²) in [6.45, 7) is 0. The van der Waals surface area contributed by atoms with Crippen LogP contribution in [0.5, 0.6) is 5.75 Å². The largest absolute Gasteiger partial charge is 0.707 e. The Hall–Kier alpha value is -1.18. The van der Waals surface area contributed by atoms with E-state index >= 15 is 0 Å². The molecule has 0 atom stereocenters. The number of quaternary nitrogens is 1. The summed E-state index contributed by atoms with van der Waals surface area (Å²) in [7, 11) is 6.27. The molecule has 0 saturated carbocycles. The van der Waals surface area contributed by atoms with Crippen LogP contribution in [0.4, 0.5) is 8.78 Å². The van der Waals surface area contributed by atoms with E-state index in [2.05, 4.69) is 32.8 Å². The number of benzene rings is 1. The molecule has 0 heterocycles. The molecule has 96 valence electrons. The first-order valence-corrected chi connectivity index (χ1v) is 4.87. The first-order valence-electron chi connectivity index (χ1n) is 4.87. The van der Waals surface area contributed by atoms with Crippen LogP contribution in [-0.4, -0.2) is 50.0 Å². The van der Waals surface area contributed by atoms with Gasteiger partial charge in [0.05, 0.1) is 28.2 Å². The second kappa shape index (κ2) is 6.53. The van der Waals surface area contributed by atoms with Gasteiger partial charge in [-0.05, 0) is 12.1 Å². The van der Waals surface area contributed by atoms with Gasteiger partial charge in [0.15, 0.2) is 17.4 Å². The van der Waals surface area contributed by atoms with E-state index in [4.69, 9.17) is 10.0 Å². The first-order chi connectivity index (χ1) is 7.61. The number of para-hydroxylation sites is 1. The zero-order valence-corrected chi connectivity index (χ0v) is 10.3. The average molecular weight is 248 g/mol. The van der Waals surface area contributed by atoms with Crippen molar-refractivity contribution in [1.29, 1.82) is 0 Å². The highest BCUT2D eigenvalue weighted by Crippen LogP contribution is 2.20. The number of rotatable bonds is 2. The smallest absolute Gasteiger partial charge is 0.508 e. The van der Waals surface area contributed by atoms with E-state index in [0.717, 1.165) is 22.7 Å². The molecule has 0 saturated heterocycles. The van der Waals surface area contributed by atoms with Gasteiger partial charge in [-0.15, -0.1) is 0 Å². The van der Waals surface area contributed by atoms with E-state index in [1.165, 1.54) is 0 Å². The third-order valence-electron chi connectivity index (χ3n) is 1.14. The van der Waals surface area contributed by atoms with Gasteiger partial charge >= 0.3 is 7.32 Å². The van der Waals surface area contributed by atoms with Gasteiger partial charge in [0, 0.05) is 0 Å². The second-order valence-electron chi connectivity index (χ2n) is 4.68. The van der Waals surface area contributed by atoms with Gasteiger partial charge in [0.25, 0.3) is 0 Å². The standard InChI is InChI=1S/C6H5BF2O3.C4H12N/c8-4-2-1-3-5(9)6(4)12-7(10)11;1-5(2,3)4/h1-3,10-11H;1-4H3/q;+1. The number of hydrogen-bond donors (Lipinski definition) is 2. The molecule has 0 aliphatic carbocycles. The van der Waals surface area contributed by atoms with Crippen molar-refractivity contribution in [3.8, 4) is 5.75 Å². The maximum atomic E-state index is 12.6. The van der Waals surface area contributed by atoms with Crippen molar-refractivity contribution in [3.05, 3.63) is 29.8 Å². The molecule has 0 fully saturated rings. The number of nitrogens with zero attached hydrogens (tertiary/aromatic N) is 1. The molecule has 1 aromatic rings. The minimum atomic E-state index is -2.23. The maximum Gasteiger partial charge on any atom is 0.707 e. The minimum Gasteiger partial charge on any atom is -0.508 e. The molecular weight excluding hydrogens is 231 g/mol. The van der Waals surface area contributed by atoms with Gasteiger partial charge in [0.2, 0.25) is 0 Å². The third kappa shape index (κ3) is 8.61. The summed E-state index contributed by atoms with van der Waals surface area (Å²) >= 11 is 0. The number of hydrogen-bond acceptors (Lipinski definition) is 3. The lowest BCUT2D eigenvalue weighted by atomic mass is 10.2. The summed E-state index contributed by atoms with van der Waals surface area (Å²) < 4.78 is 30.3. The van der Waals surface area contributed by atoms with Crippen LogP contribution in [0.2, 0.25) is 0 Å². The minimum absolute atomic E-state index is 0.799. The molecule has 1 rings (SSSR count). The van der Waals surface area contributed by atoms with Crippen molar-refractivity contribution in [2.45, 2.75) is 0 Å². The van der Waals surface area contributed by atoms with Crippen molar-refractivity contribution in [3.63, 3.8) is 0 Å². The Balaban J connectivity index is 0.000000437. The Bertz CT molecular complexity index is 330. The van der Waals surface area contributed by atoms with E-state index < -0.39 is 24.7 Å². The zero-order valence-electron chi connectivity index (χ0n) is 10.3. The lowest BCUT2D eigenvalue weighted by Gasteiger charge is -2.14. The predicted molar refractivity (Wildman–Crippen MR) is 61.1 cm³/mol. The van der Waals surface area contributed by atoms with Gasteiger partial charge < -0.3 is 19.2 Å². The van der Waals surface area contributed by atoms with Crippen LogP contribution in [0.3, 0.4) is 0 Å². The first kappa shape index (κ1) is 15.8. The summed E-state index contributed by atoms with van der Waals surface area (Å²) in [5, 5.41) is 16.5. The highest BCUT2D eigenvalue weighted by atomic mass is 19.1. The van der Waals surface area contributed by atoms with Gasteiger partial charge in [-0.3, -0.25) is 0 Å². The van der Waals surface area contributed by atoms with Crippen LogP contribution in [0.25, 0.3) is 0 Å². The SMILES string of the molecule is C[N+](C)(C)C.OB(O)Oc1c(F)cccc1F. The summed E-state index contributed by atoms with van der Waals surface area (Å²) in [6.07, 6.45) is 0. The molecule has 0 aliphatic heterocycles. The summed E-state index contributed by atoms with van der Waals surface area (Å²) in [4.78, 5) is 0. The van der Waals surface area contributed by atoms with Gasteiger partial charge in [-0.25, -0.2) is 8.78 Å². The fourth-order valence-electron chi connectivity index (χ4n) is 0.701. The molecule has 0 unspecified atom stereocenters. The molecule has 0 aliphatic rings. The lowest BCUT2D eigenvalue weighted by molar-refractivity contribution is -0.849. The molecule has 2 N–H and O–H groups in total. The van der Waals surface area contributed by atoms with E-state index in [1.807, 2.05) is 0 Å². The van der Waals surface area contributed by atoms with Crippen LogP contribution in [0, 0.1) is 11.6 Å². The molecule has 0 aromatic heterocycles. The van der Waals surface area contributed by atoms with E-state index in [1.54, 1.807) is 0 Å². The molecule has 7 heteroatoms. The summed E-state index contributed by atoms with van der Waals surface area (Å²) in [5.74, 6) is -2.77. The van der Waals surface area contributed by atoms with E-state index in [-0.39, 0.29) is 0 Å². The number of halogens is 2. The van der Waals surface area contributed by atoms with Crippen LogP contribution in [0.1, 0.15) is 0 Å². The highest BCUT2D eigenvalue weighted by molar-refractivity contribution is 6.33. The zero-order chi connectivity index (χ0) is 13.6. The normalized spacial score (nSPS) is 10.4. The fourth-order valence-corrected chi connectivity index (χ4v) is 0.701. The van der Waals surface area contributed by atoms with Gasteiger partial charge in [0.1, 0.15) is 0 Å². The molecule has 0 amide bonds. The monoisotopic (exact) mass is 248 g/mol. The lowest BCUT2D eigenvalue weighted by Crippen LogP contribution is -2.27. The topological polar surface area (TPSA) is 49.7 Å². The third-order valence-corrected chi connectivity index (χ3v) is 1.14. The van der Waals surface area contributed by atoms with Crippen LogP contribution in [-0.2, 0) is 0 Å². The quantitative estimate of drug-likeness (QED) is 0.596. The Morgan fingerprint density at radius 1 is 1.06 bits per heavy atom. The van der Waals surface area contributed by atoms with Crippen LogP contribution < -0.4 is 4.65 Å². The Morgan fingerprint density at radius 2 is 1.41 bits per heavy atom. The van der Waals surface area contributed by atoms with Crippen molar-refractivity contribution in [2.24, 2.45) is 0 Å². The molecule has 17 heavy (non-hydrogen) atoms. The van der Waals surface area contributed by atoms with Gasteiger partial charge in [-0.2, -0.15) is 0 Å².